The van der Waals surface area contributed by atoms with Crippen LogP contribution in [0.5, 0.6) is 11.5 Å². The number of nitrogens with zero attached hydrogens (tertiary/aromatic N) is 7. The minimum absolute atomic E-state index is 0.292. The second-order valence-corrected chi connectivity index (χ2v) is 18.9. The lowest BCUT2D eigenvalue weighted by Gasteiger charge is -2.45. The molecular formula is C44H62N8O4. The van der Waals surface area contributed by atoms with Crippen LogP contribution in [0.4, 0.5) is 11.9 Å². The average Bonchev–Trinajstić information content (AvgIpc) is 3.43. The molecule has 0 bridgehead atoms. The molecule has 3 aromatic rings. The van der Waals surface area contributed by atoms with E-state index in [1.807, 2.05) is 19.3 Å². The molecule has 0 aliphatic carbocycles. The highest BCUT2D eigenvalue weighted by atomic mass is 16.5. The monoisotopic (exact) mass is 766 g/mol. The summed E-state index contributed by atoms with van der Waals surface area (Å²) < 4.78 is 25.3. The number of fused-ring (bicyclic) bond motifs is 3. The Morgan fingerprint density at radius 1 is 0.768 bits per heavy atom. The highest BCUT2D eigenvalue weighted by Gasteiger charge is 2.47. The van der Waals surface area contributed by atoms with Crippen molar-refractivity contribution >= 4 is 18.0 Å². The molecule has 0 unspecified atom stereocenters. The summed E-state index contributed by atoms with van der Waals surface area (Å²) in [6, 6.07) is 5.04. The van der Waals surface area contributed by atoms with Crippen LogP contribution in [-0.2, 0) is 38.4 Å². The third kappa shape index (κ3) is 7.38. The van der Waals surface area contributed by atoms with Gasteiger partial charge in [-0.1, -0.05) is 6.08 Å². The summed E-state index contributed by atoms with van der Waals surface area (Å²) in [4.78, 5) is 25.3. The first-order chi connectivity index (χ1) is 26.3. The van der Waals surface area contributed by atoms with E-state index in [0.29, 0.717) is 24.6 Å². The van der Waals surface area contributed by atoms with Gasteiger partial charge in [0, 0.05) is 73.9 Å². The maximum Gasteiger partial charge on any atom is 0.237 e. The topological polar surface area (TPSA) is 110 Å². The molecule has 2 aromatic heterocycles. The molecule has 7 heterocycles. The Balaban J connectivity index is 0.992. The molecule has 0 radical (unpaired) electrons. The Morgan fingerprint density at radius 2 is 1.36 bits per heavy atom. The number of aromatic nitrogens is 4. The minimum atomic E-state index is -0.491. The predicted molar refractivity (Wildman–Crippen MR) is 219 cm³/mol. The average molecular weight is 767 g/mol. The lowest BCUT2D eigenvalue weighted by atomic mass is 9.95. The normalized spacial score (nSPS) is 23.6. The molecule has 5 aliphatic rings. The highest BCUT2D eigenvalue weighted by molar-refractivity contribution is 5.66. The molecule has 1 aromatic carbocycles. The van der Waals surface area contributed by atoms with Crippen LogP contribution >= 0.6 is 0 Å². The van der Waals surface area contributed by atoms with Gasteiger partial charge >= 0.3 is 0 Å². The van der Waals surface area contributed by atoms with Gasteiger partial charge in [0.25, 0.3) is 0 Å². The number of hydrogen-bond acceptors (Lipinski definition) is 12. The van der Waals surface area contributed by atoms with Gasteiger partial charge in [-0.05, 0) is 126 Å². The van der Waals surface area contributed by atoms with Crippen molar-refractivity contribution in [2.45, 2.75) is 148 Å². The summed E-state index contributed by atoms with van der Waals surface area (Å²) in [5.74, 6) is 3.10. The van der Waals surface area contributed by atoms with Crippen LogP contribution in [0.2, 0.25) is 0 Å². The first-order valence-corrected chi connectivity index (χ1v) is 20.7. The Kier molecular flexibility index (Phi) is 9.70. The summed E-state index contributed by atoms with van der Waals surface area (Å²) in [6.07, 6.45) is 12.2. The number of anilines is 2. The maximum atomic E-state index is 6.51. The fraction of sp³-hybridized carbons (Fsp3) is 0.636. The van der Waals surface area contributed by atoms with Crippen LogP contribution in [-0.4, -0.2) is 80.3 Å². The molecule has 2 saturated heterocycles. The van der Waals surface area contributed by atoms with Crippen molar-refractivity contribution in [1.82, 2.24) is 29.8 Å². The van der Waals surface area contributed by atoms with Gasteiger partial charge in [0.1, 0.15) is 16.8 Å². The number of nitrogens with one attached hydrogen (secondary N) is 1. The molecule has 0 atom stereocenters. The molecule has 0 amide bonds. The van der Waals surface area contributed by atoms with Gasteiger partial charge < -0.3 is 23.8 Å². The highest BCUT2D eigenvalue weighted by Crippen LogP contribution is 2.47. The van der Waals surface area contributed by atoms with E-state index in [4.69, 9.17) is 38.9 Å². The van der Waals surface area contributed by atoms with E-state index in [-0.39, 0.29) is 5.60 Å². The summed E-state index contributed by atoms with van der Waals surface area (Å²) in [6.45, 7) is 28.1. The molecule has 0 spiro atoms. The summed E-state index contributed by atoms with van der Waals surface area (Å²) in [5, 5.41) is 2.26. The summed E-state index contributed by atoms with van der Waals surface area (Å²) in [7, 11) is 0. The Morgan fingerprint density at radius 3 is 1.98 bits per heavy atom. The van der Waals surface area contributed by atoms with E-state index in [1.165, 1.54) is 5.56 Å². The SMILES string of the molecule is CCOc1cc(CN2CCC(N(c3ncc4c(n3)C(C)(C)OC4(C)C)C3CCN(Nc4ncc5c(n4)C(C)(C)OC5(C)C)CC3)CC2)cc2c1OC(C)(C)C=C2. The van der Waals surface area contributed by atoms with Crippen molar-refractivity contribution in [3.63, 3.8) is 0 Å². The standard InChI is InChI=1S/C44H62N8O4/c1-12-53-34-24-28(23-29-13-18-40(2,3)54-35(29)34)27-50-19-14-30(15-20-50)52(39-46-26-33-37(48-39)44(10,11)56-42(33,6)7)31-16-21-51(22-17-31)49-38-45-25-32-36(47-38)43(8,9)55-41(32,4)5/h13,18,23-26,30-31H,12,14-17,19-22,27H2,1-11H3,(H,45,47,49). The molecule has 12 heteroatoms. The zero-order valence-corrected chi connectivity index (χ0v) is 35.5. The zero-order valence-electron chi connectivity index (χ0n) is 35.5. The van der Waals surface area contributed by atoms with E-state index in [9.17, 15) is 0 Å². The van der Waals surface area contributed by atoms with Gasteiger partial charge in [0.15, 0.2) is 11.5 Å². The summed E-state index contributed by atoms with van der Waals surface area (Å²) in [5.41, 5.74) is 7.77. The smallest absolute Gasteiger partial charge is 0.237 e. The van der Waals surface area contributed by atoms with Crippen molar-refractivity contribution in [3.8, 4) is 11.5 Å². The second kappa shape index (κ2) is 13.9. The Hall–Kier alpha value is -3.84. The van der Waals surface area contributed by atoms with Crippen molar-refractivity contribution in [1.29, 1.82) is 0 Å². The lowest BCUT2D eigenvalue weighted by Crippen LogP contribution is -2.54. The number of hydrogen-bond donors (Lipinski definition) is 1. The third-order valence-corrected chi connectivity index (χ3v) is 12.2. The third-order valence-electron chi connectivity index (χ3n) is 12.2. The molecule has 8 rings (SSSR count). The van der Waals surface area contributed by atoms with E-state index >= 15 is 0 Å². The fourth-order valence-corrected chi connectivity index (χ4v) is 9.71. The van der Waals surface area contributed by atoms with Gasteiger partial charge in [-0.15, -0.1) is 0 Å². The molecule has 302 valence electrons. The molecule has 1 N–H and O–H groups in total. The van der Waals surface area contributed by atoms with Crippen LogP contribution in [0, 0.1) is 0 Å². The maximum absolute atomic E-state index is 6.51. The first-order valence-electron chi connectivity index (χ1n) is 20.7. The van der Waals surface area contributed by atoms with Gasteiger partial charge in [-0.25, -0.2) is 24.9 Å². The van der Waals surface area contributed by atoms with Crippen molar-refractivity contribution in [2.24, 2.45) is 0 Å². The van der Waals surface area contributed by atoms with Crippen molar-refractivity contribution < 1.29 is 18.9 Å². The van der Waals surface area contributed by atoms with Gasteiger partial charge in [-0.3, -0.25) is 10.3 Å². The van der Waals surface area contributed by atoms with Crippen LogP contribution in [0.1, 0.15) is 135 Å². The van der Waals surface area contributed by atoms with Crippen LogP contribution in [0.25, 0.3) is 6.08 Å². The number of hydrazine groups is 1. The molecule has 0 saturated carbocycles. The van der Waals surface area contributed by atoms with Gasteiger partial charge in [0.05, 0.1) is 29.2 Å². The van der Waals surface area contributed by atoms with Crippen molar-refractivity contribution in [2.75, 3.05) is 43.1 Å². The number of benzene rings is 1. The molecule has 5 aliphatic heterocycles. The number of likely N-dealkylation sites (tertiary alicyclic amines) is 1. The van der Waals surface area contributed by atoms with Crippen LogP contribution < -0.4 is 19.8 Å². The minimum Gasteiger partial charge on any atom is -0.490 e. The summed E-state index contributed by atoms with van der Waals surface area (Å²) >= 11 is 0. The Bertz CT molecular complexity index is 1990. The quantitative estimate of drug-likeness (QED) is 0.229. The number of ether oxygens (including phenoxy) is 4. The van der Waals surface area contributed by atoms with Gasteiger partial charge in [-0.2, -0.15) is 0 Å². The van der Waals surface area contributed by atoms with Crippen LogP contribution in [0.3, 0.4) is 0 Å². The Labute approximate surface area is 333 Å². The predicted octanol–water partition coefficient (Wildman–Crippen LogP) is 7.81. The van der Waals surface area contributed by atoms with E-state index < -0.39 is 22.4 Å². The fourth-order valence-electron chi connectivity index (χ4n) is 9.71. The van der Waals surface area contributed by atoms with E-state index in [2.05, 4.69) is 114 Å². The molecule has 12 nitrogen and oxygen atoms in total. The van der Waals surface area contributed by atoms with Crippen LogP contribution in [0.15, 0.2) is 30.6 Å². The molecule has 56 heavy (non-hydrogen) atoms. The van der Waals surface area contributed by atoms with Crippen molar-refractivity contribution in [3.05, 3.63) is 64.2 Å². The van der Waals surface area contributed by atoms with Gasteiger partial charge in [0.2, 0.25) is 11.9 Å². The zero-order chi connectivity index (χ0) is 39.8. The molecular weight excluding hydrogens is 705 g/mol. The largest absolute Gasteiger partial charge is 0.490 e. The van der Waals surface area contributed by atoms with E-state index in [0.717, 1.165) is 104 Å². The number of rotatable bonds is 9. The first kappa shape index (κ1) is 39.0. The van der Waals surface area contributed by atoms with E-state index in [1.54, 1.807) is 0 Å². The second-order valence-electron chi connectivity index (χ2n) is 18.9. The number of piperidine rings is 2. The molecule has 2 fully saturated rings. The lowest BCUT2D eigenvalue weighted by molar-refractivity contribution is -0.106.